The molecule has 1 aliphatic heterocycles. The largest absolute Gasteiger partial charge is 0.490 e. The van der Waals surface area contributed by atoms with Crippen molar-refractivity contribution < 1.29 is 14.3 Å². The molecule has 0 amide bonds. The molecular weight excluding hydrogens is 362 g/mol. The van der Waals surface area contributed by atoms with Crippen LogP contribution in [0.1, 0.15) is 22.6 Å². The second kappa shape index (κ2) is 7.84. The maximum atomic E-state index is 12.7. The number of Topliss-reactive ketones (excluding diaryl/α,β-unsaturated/α-hetero) is 1. The van der Waals surface area contributed by atoms with Gasteiger partial charge in [-0.1, -0.05) is 30.0 Å². The molecule has 0 bridgehead atoms. The number of para-hydroxylation sites is 1. The fraction of sp³-hybridized carbons (Fsp3) is 0.250. The summed E-state index contributed by atoms with van der Waals surface area (Å²) < 4.78 is 13.2. The first-order valence-electron chi connectivity index (χ1n) is 8.75. The van der Waals surface area contributed by atoms with Gasteiger partial charge in [0.2, 0.25) is 0 Å². The van der Waals surface area contributed by atoms with Crippen LogP contribution in [-0.2, 0) is 0 Å². The van der Waals surface area contributed by atoms with Crippen molar-refractivity contribution in [2.45, 2.75) is 18.5 Å². The second-order valence-electron chi connectivity index (χ2n) is 6.12. The van der Waals surface area contributed by atoms with Crippen LogP contribution in [0.2, 0.25) is 0 Å². The van der Waals surface area contributed by atoms with Crippen LogP contribution < -0.4 is 9.47 Å². The van der Waals surface area contributed by atoms with Gasteiger partial charge in [-0.15, -0.1) is 10.2 Å². The number of ketones is 1. The van der Waals surface area contributed by atoms with Gasteiger partial charge in [0.15, 0.2) is 22.4 Å². The summed E-state index contributed by atoms with van der Waals surface area (Å²) in [5.74, 6) is 2.38. The fourth-order valence-corrected chi connectivity index (χ4v) is 3.75. The Balaban J connectivity index is 1.50. The smallest absolute Gasteiger partial charge is 0.196 e. The van der Waals surface area contributed by atoms with E-state index in [0.29, 0.717) is 35.4 Å². The van der Waals surface area contributed by atoms with Crippen molar-refractivity contribution in [1.82, 2.24) is 14.8 Å². The standard InChI is InChI=1S/C20H19N3O3S/c1-14-21-22-20(23(14)16-6-3-2-4-7-16)27-13-17(24)15-8-9-18-19(12-15)26-11-5-10-25-18/h2-4,6-9,12H,5,10-11,13H2,1H3. The number of benzene rings is 2. The van der Waals surface area contributed by atoms with E-state index in [1.54, 1.807) is 18.2 Å². The highest BCUT2D eigenvalue weighted by Crippen LogP contribution is 2.31. The Bertz CT molecular complexity index is 956. The molecular formula is C20H19N3O3S. The molecule has 2 aromatic carbocycles. The number of hydrogen-bond donors (Lipinski definition) is 0. The first-order chi connectivity index (χ1) is 13.2. The topological polar surface area (TPSA) is 66.2 Å². The number of rotatable bonds is 5. The number of fused-ring (bicyclic) bond motifs is 1. The van der Waals surface area contributed by atoms with E-state index in [2.05, 4.69) is 10.2 Å². The summed E-state index contributed by atoms with van der Waals surface area (Å²) in [4.78, 5) is 12.7. The zero-order valence-corrected chi connectivity index (χ0v) is 15.7. The fourth-order valence-electron chi connectivity index (χ4n) is 2.86. The quantitative estimate of drug-likeness (QED) is 0.496. The lowest BCUT2D eigenvalue weighted by atomic mass is 10.1. The molecule has 0 radical (unpaired) electrons. The van der Waals surface area contributed by atoms with Crippen molar-refractivity contribution in [3.63, 3.8) is 0 Å². The number of aromatic nitrogens is 3. The van der Waals surface area contributed by atoms with Crippen LogP contribution in [0.25, 0.3) is 5.69 Å². The van der Waals surface area contributed by atoms with Crippen LogP contribution in [0.3, 0.4) is 0 Å². The summed E-state index contributed by atoms with van der Waals surface area (Å²) in [6.07, 6.45) is 0.836. The van der Waals surface area contributed by atoms with E-state index < -0.39 is 0 Å². The molecule has 1 aromatic heterocycles. The number of carbonyl (C=O) groups is 1. The van der Waals surface area contributed by atoms with Crippen molar-refractivity contribution in [3.8, 4) is 17.2 Å². The second-order valence-corrected chi connectivity index (χ2v) is 7.07. The molecule has 0 saturated carbocycles. The lowest BCUT2D eigenvalue weighted by Crippen LogP contribution is -2.05. The Hall–Kier alpha value is -2.80. The Morgan fingerprint density at radius 1 is 1.07 bits per heavy atom. The van der Waals surface area contributed by atoms with Crippen molar-refractivity contribution in [1.29, 1.82) is 0 Å². The van der Waals surface area contributed by atoms with Gasteiger partial charge < -0.3 is 9.47 Å². The molecule has 1 aliphatic rings. The molecule has 0 unspecified atom stereocenters. The van der Waals surface area contributed by atoms with E-state index in [-0.39, 0.29) is 11.5 Å². The number of carbonyl (C=O) groups excluding carboxylic acids is 1. The molecule has 3 aromatic rings. The zero-order valence-electron chi connectivity index (χ0n) is 14.9. The molecule has 0 atom stereocenters. The maximum Gasteiger partial charge on any atom is 0.196 e. The lowest BCUT2D eigenvalue weighted by Gasteiger charge is -2.09. The predicted octanol–water partition coefficient (Wildman–Crippen LogP) is 3.71. The lowest BCUT2D eigenvalue weighted by molar-refractivity contribution is 0.102. The van der Waals surface area contributed by atoms with E-state index in [4.69, 9.17) is 9.47 Å². The molecule has 27 heavy (non-hydrogen) atoms. The van der Waals surface area contributed by atoms with Gasteiger partial charge in [-0.25, -0.2) is 0 Å². The van der Waals surface area contributed by atoms with Gasteiger partial charge in [0.05, 0.1) is 19.0 Å². The molecule has 0 saturated heterocycles. The predicted molar refractivity (Wildman–Crippen MR) is 103 cm³/mol. The Morgan fingerprint density at radius 3 is 2.67 bits per heavy atom. The highest BCUT2D eigenvalue weighted by atomic mass is 32.2. The summed E-state index contributed by atoms with van der Waals surface area (Å²) in [5, 5.41) is 9.07. The average molecular weight is 381 g/mol. The van der Waals surface area contributed by atoms with Gasteiger partial charge in [-0.2, -0.15) is 0 Å². The summed E-state index contributed by atoms with van der Waals surface area (Å²) in [6, 6.07) is 15.2. The normalized spacial score (nSPS) is 13.2. The first kappa shape index (κ1) is 17.6. The minimum Gasteiger partial charge on any atom is -0.490 e. The highest BCUT2D eigenvalue weighted by Gasteiger charge is 2.17. The number of nitrogens with zero attached hydrogens (tertiary/aromatic N) is 3. The first-order valence-corrected chi connectivity index (χ1v) is 9.74. The minimum atomic E-state index is 0.0101. The van der Waals surface area contributed by atoms with Gasteiger partial charge in [-0.3, -0.25) is 9.36 Å². The van der Waals surface area contributed by atoms with Gasteiger partial charge in [0.1, 0.15) is 5.82 Å². The zero-order chi connectivity index (χ0) is 18.6. The minimum absolute atomic E-state index is 0.0101. The van der Waals surface area contributed by atoms with Crippen molar-refractivity contribution in [2.75, 3.05) is 19.0 Å². The molecule has 0 spiro atoms. The van der Waals surface area contributed by atoms with Crippen LogP contribution in [0, 0.1) is 6.92 Å². The summed E-state index contributed by atoms with van der Waals surface area (Å²) in [5.41, 5.74) is 1.58. The summed E-state index contributed by atoms with van der Waals surface area (Å²) in [7, 11) is 0. The van der Waals surface area contributed by atoms with Crippen molar-refractivity contribution in [2.24, 2.45) is 0 Å². The van der Waals surface area contributed by atoms with Crippen LogP contribution >= 0.6 is 11.8 Å². The van der Waals surface area contributed by atoms with E-state index in [0.717, 1.165) is 17.9 Å². The third-order valence-electron chi connectivity index (χ3n) is 4.21. The third kappa shape index (κ3) is 3.83. The van der Waals surface area contributed by atoms with Gasteiger partial charge in [0, 0.05) is 17.7 Å². The Kier molecular flexibility index (Phi) is 5.11. The number of aryl methyl sites for hydroxylation is 1. The summed E-state index contributed by atoms with van der Waals surface area (Å²) >= 11 is 1.37. The van der Waals surface area contributed by atoms with Crippen LogP contribution in [0.5, 0.6) is 11.5 Å². The average Bonchev–Trinajstić information content (AvgIpc) is 2.91. The molecule has 0 N–H and O–H groups in total. The van der Waals surface area contributed by atoms with Crippen LogP contribution in [-0.4, -0.2) is 39.5 Å². The van der Waals surface area contributed by atoms with Crippen molar-refractivity contribution >= 4 is 17.5 Å². The van der Waals surface area contributed by atoms with Crippen molar-refractivity contribution in [3.05, 3.63) is 59.9 Å². The Morgan fingerprint density at radius 2 is 1.85 bits per heavy atom. The van der Waals surface area contributed by atoms with E-state index >= 15 is 0 Å². The SMILES string of the molecule is Cc1nnc(SCC(=O)c2ccc3c(c2)OCCCO3)n1-c1ccccc1. The summed E-state index contributed by atoms with van der Waals surface area (Å²) in [6.45, 7) is 3.12. The molecule has 2 heterocycles. The monoisotopic (exact) mass is 381 g/mol. The van der Waals surface area contributed by atoms with E-state index in [1.165, 1.54) is 11.8 Å². The van der Waals surface area contributed by atoms with E-state index in [9.17, 15) is 4.79 Å². The van der Waals surface area contributed by atoms with Gasteiger partial charge in [-0.05, 0) is 37.3 Å². The third-order valence-corrected chi connectivity index (χ3v) is 5.14. The molecule has 4 rings (SSSR count). The molecule has 0 fully saturated rings. The number of hydrogen-bond acceptors (Lipinski definition) is 6. The highest BCUT2D eigenvalue weighted by molar-refractivity contribution is 7.99. The van der Waals surface area contributed by atoms with Gasteiger partial charge in [0.25, 0.3) is 0 Å². The van der Waals surface area contributed by atoms with Crippen LogP contribution in [0.4, 0.5) is 0 Å². The molecule has 138 valence electrons. The molecule has 0 aliphatic carbocycles. The molecule has 6 nitrogen and oxygen atoms in total. The van der Waals surface area contributed by atoms with E-state index in [1.807, 2.05) is 41.8 Å². The van der Waals surface area contributed by atoms with Crippen LogP contribution in [0.15, 0.2) is 53.7 Å². The number of thioether (sulfide) groups is 1. The Labute approximate surface area is 161 Å². The molecule has 7 heteroatoms. The number of ether oxygens (including phenoxy) is 2. The maximum absolute atomic E-state index is 12.7. The van der Waals surface area contributed by atoms with Gasteiger partial charge >= 0.3 is 0 Å².